The molecule has 2 rings (SSSR count). The zero-order valence-electron chi connectivity index (χ0n) is 12.3. The molecule has 1 aliphatic rings. The van der Waals surface area contributed by atoms with Gasteiger partial charge in [0.05, 0.1) is 12.0 Å². The number of rotatable bonds is 4. The Labute approximate surface area is 131 Å². The molecule has 0 aromatic heterocycles. The van der Waals surface area contributed by atoms with Crippen molar-refractivity contribution in [3.63, 3.8) is 0 Å². The van der Waals surface area contributed by atoms with Crippen molar-refractivity contribution in [3.05, 3.63) is 35.4 Å². The standard InChI is InChI=1S/C15H17F3N2O3/c16-15(17,18)12-3-1-11(2-4-12)14(23)20-9-7-19(8-10-20)6-5-13(21)22/h1-4H,5-10H2,(H,21,22). The van der Waals surface area contributed by atoms with Crippen LogP contribution in [0.4, 0.5) is 13.2 Å². The van der Waals surface area contributed by atoms with Crippen LogP contribution in [-0.4, -0.2) is 59.5 Å². The van der Waals surface area contributed by atoms with Crippen molar-refractivity contribution in [2.75, 3.05) is 32.7 Å². The summed E-state index contributed by atoms with van der Waals surface area (Å²) in [5, 5.41) is 8.64. The number of benzene rings is 1. The first-order chi connectivity index (χ1) is 10.8. The smallest absolute Gasteiger partial charge is 0.416 e. The molecule has 1 heterocycles. The first kappa shape index (κ1) is 17.3. The lowest BCUT2D eigenvalue weighted by Gasteiger charge is -2.34. The number of carbonyl (C=O) groups excluding carboxylic acids is 1. The second-order valence-electron chi connectivity index (χ2n) is 5.35. The quantitative estimate of drug-likeness (QED) is 0.916. The van der Waals surface area contributed by atoms with Gasteiger partial charge in [0.15, 0.2) is 0 Å². The molecular weight excluding hydrogens is 313 g/mol. The maximum atomic E-state index is 12.5. The molecule has 5 nitrogen and oxygen atoms in total. The predicted molar refractivity (Wildman–Crippen MR) is 76.0 cm³/mol. The van der Waals surface area contributed by atoms with Crippen molar-refractivity contribution in [2.24, 2.45) is 0 Å². The first-order valence-electron chi connectivity index (χ1n) is 7.18. The van der Waals surface area contributed by atoms with E-state index in [-0.39, 0.29) is 17.9 Å². The second-order valence-corrected chi connectivity index (χ2v) is 5.35. The number of amides is 1. The highest BCUT2D eigenvalue weighted by Gasteiger charge is 2.30. The van der Waals surface area contributed by atoms with Gasteiger partial charge in [0.2, 0.25) is 0 Å². The third-order valence-electron chi connectivity index (χ3n) is 3.76. The Morgan fingerprint density at radius 3 is 2.09 bits per heavy atom. The predicted octanol–water partition coefficient (Wildman–Crippen LogP) is 1.94. The summed E-state index contributed by atoms with van der Waals surface area (Å²) in [6, 6.07) is 4.16. The monoisotopic (exact) mass is 330 g/mol. The number of hydrogen-bond donors (Lipinski definition) is 1. The summed E-state index contributed by atoms with van der Waals surface area (Å²) in [6.45, 7) is 2.40. The maximum absolute atomic E-state index is 12.5. The lowest BCUT2D eigenvalue weighted by atomic mass is 10.1. The van der Waals surface area contributed by atoms with Crippen molar-refractivity contribution >= 4 is 11.9 Å². The summed E-state index contributed by atoms with van der Waals surface area (Å²) >= 11 is 0. The van der Waals surface area contributed by atoms with Crippen LogP contribution in [0.1, 0.15) is 22.3 Å². The van der Waals surface area contributed by atoms with Gasteiger partial charge in [-0.2, -0.15) is 13.2 Å². The van der Waals surface area contributed by atoms with Gasteiger partial charge < -0.3 is 10.0 Å². The summed E-state index contributed by atoms with van der Waals surface area (Å²) in [7, 11) is 0. The van der Waals surface area contributed by atoms with Gasteiger partial charge in [0, 0.05) is 38.3 Å². The van der Waals surface area contributed by atoms with Crippen LogP contribution in [0.5, 0.6) is 0 Å². The minimum Gasteiger partial charge on any atom is -0.481 e. The number of piperazine rings is 1. The molecule has 1 N–H and O–H groups in total. The fraction of sp³-hybridized carbons (Fsp3) is 0.467. The van der Waals surface area contributed by atoms with Crippen molar-refractivity contribution in [2.45, 2.75) is 12.6 Å². The third kappa shape index (κ3) is 4.69. The maximum Gasteiger partial charge on any atom is 0.416 e. The van der Waals surface area contributed by atoms with Gasteiger partial charge in [-0.3, -0.25) is 14.5 Å². The van der Waals surface area contributed by atoms with Crippen LogP contribution in [-0.2, 0) is 11.0 Å². The number of alkyl halides is 3. The molecule has 126 valence electrons. The van der Waals surface area contributed by atoms with E-state index < -0.39 is 17.7 Å². The van der Waals surface area contributed by atoms with Gasteiger partial charge >= 0.3 is 12.1 Å². The van der Waals surface area contributed by atoms with E-state index in [1.54, 1.807) is 4.90 Å². The number of nitrogens with zero attached hydrogens (tertiary/aromatic N) is 2. The van der Waals surface area contributed by atoms with Gasteiger partial charge in [-0.1, -0.05) is 0 Å². The Hall–Kier alpha value is -2.09. The van der Waals surface area contributed by atoms with Crippen LogP contribution < -0.4 is 0 Å². The largest absolute Gasteiger partial charge is 0.481 e. The Bertz CT molecular complexity index is 564. The summed E-state index contributed by atoms with van der Waals surface area (Å²) in [4.78, 5) is 26.3. The molecule has 0 radical (unpaired) electrons. The van der Waals surface area contributed by atoms with Crippen LogP contribution in [0.15, 0.2) is 24.3 Å². The normalized spacial score (nSPS) is 16.4. The molecule has 0 unspecified atom stereocenters. The van der Waals surface area contributed by atoms with E-state index in [1.807, 2.05) is 4.90 Å². The van der Waals surface area contributed by atoms with E-state index in [4.69, 9.17) is 5.11 Å². The molecule has 1 aromatic carbocycles. The van der Waals surface area contributed by atoms with Crippen LogP contribution in [0.25, 0.3) is 0 Å². The number of halogens is 3. The zero-order chi connectivity index (χ0) is 17.0. The van der Waals surface area contributed by atoms with Gasteiger partial charge in [0.1, 0.15) is 0 Å². The minimum atomic E-state index is -4.42. The minimum absolute atomic E-state index is 0.0485. The van der Waals surface area contributed by atoms with E-state index in [0.717, 1.165) is 12.1 Å². The van der Waals surface area contributed by atoms with E-state index in [2.05, 4.69) is 0 Å². The molecule has 1 saturated heterocycles. The summed E-state index contributed by atoms with van der Waals surface area (Å²) in [6.07, 6.45) is -4.37. The summed E-state index contributed by atoms with van der Waals surface area (Å²) in [5.74, 6) is -1.18. The Balaban J connectivity index is 1.91. The lowest BCUT2D eigenvalue weighted by Crippen LogP contribution is -2.49. The number of hydrogen-bond acceptors (Lipinski definition) is 3. The van der Waals surface area contributed by atoms with E-state index >= 15 is 0 Å². The fourth-order valence-electron chi connectivity index (χ4n) is 2.41. The average molecular weight is 330 g/mol. The van der Waals surface area contributed by atoms with Gasteiger partial charge in [-0.15, -0.1) is 0 Å². The summed E-state index contributed by atoms with van der Waals surface area (Å²) in [5.41, 5.74) is -0.565. The number of carboxylic acids is 1. The fourth-order valence-corrected chi connectivity index (χ4v) is 2.41. The van der Waals surface area contributed by atoms with E-state index in [9.17, 15) is 22.8 Å². The van der Waals surface area contributed by atoms with Crippen LogP contribution in [0, 0.1) is 0 Å². The number of carbonyl (C=O) groups is 2. The lowest BCUT2D eigenvalue weighted by molar-refractivity contribution is -0.138. The topological polar surface area (TPSA) is 60.9 Å². The van der Waals surface area contributed by atoms with Crippen LogP contribution in [0.2, 0.25) is 0 Å². The molecule has 1 aromatic rings. The molecule has 0 aliphatic carbocycles. The third-order valence-corrected chi connectivity index (χ3v) is 3.76. The van der Waals surface area contributed by atoms with E-state index in [0.29, 0.717) is 32.7 Å². The van der Waals surface area contributed by atoms with Crippen molar-refractivity contribution in [1.29, 1.82) is 0 Å². The van der Waals surface area contributed by atoms with E-state index in [1.165, 1.54) is 12.1 Å². The highest BCUT2D eigenvalue weighted by molar-refractivity contribution is 5.94. The van der Waals surface area contributed by atoms with Gasteiger partial charge in [0.25, 0.3) is 5.91 Å². The Morgan fingerprint density at radius 2 is 1.61 bits per heavy atom. The molecule has 8 heteroatoms. The van der Waals surface area contributed by atoms with Crippen molar-refractivity contribution < 1.29 is 27.9 Å². The van der Waals surface area contributed by atoms with Gasteiger partial charge in [-0.05, 0) is 24.3 Å². The number of aliphatic carboxylic acids is 1. The SMILES string of the molecule is O=C(O)CCN1CCN(C(=O)c2ccc(C(F)(F)F)cc2)CC1. The van der Waals surface area contributed by atoms with Crippen LogP contribution in [0.3, 0.4) is 0 Å². The Morgan fingerprint density at radius 1 is 1.04 bits per heavy atom. The highest BCUT2D eigenvalue weighted by atomic mass is 19.4. The molecule has 0 bridgehead atoms. The van der Waals surface area contributed by atoms with Crippen LogP contribution >= 0.6 is 0 Å². The first-order valence-corrected chi connectivity index (χ1v) is 7.18. The molecule has 23 heavy (non-hydrogen) atoms. The second kappa shape index (κ2) is 6.99. The molecule has 1 amide bonds. The molecule has 1 aliphatic heterocycles. The highest BCUT2D eigenvalue weighted by Crippen LogP contribution is 2.29. The molecule has 0 atom stereocenters. The zero-order valence-corrected chi connectivity index (χ0v) is 12.3. The molecule has 0 saturated carbocycles. The van der Waals surface area contributed by atoms with Crippen molar-refractivity contribution in [3.8, 4) is 0 Å². The molecule has 0 spiro atoms. The summed E-state index contributed by atoms with van der Waals surface area (Å²) < 4.78 is 37.5. The molecular formula is C15H17F3N2O3. The number of carboxylic acid groups (broad SMARTS) is 1. The average Bonchev–Trinajstić information content (AvgIpc) is 2.52. The molecule has 1 fully saturated rings. The Kier molecular flexibility index (Phi) is 5.25. The van der Waals surface area contributed by atoms with Crippen molar-refractivity contribution in [1.82, 2.24) is 9.80 Å². The van der Waals surface area contributed by atoms with Gasteiger partial charge in [-0.25, -0.2) is 0 Å².